The Kier molecular flexibility index (Phi) is 7.15. The first kappa shape index (κ1) is 18.8. The summed E-state index contributed by atoms with van der Waals surface area (Å²) < 4.78 is 37.5. The van der Waals surface area contributed by atoms with Gasteiger partial charge >= 0.3 is 0 Å². The number of hydrogen-bond donors (Lipinski definition) is 2. The number of sulfonamides is 1. The average molecular weight is 349 g/mol. The van der Waals surface area contributed by atoms with E-state index in [0.717, 1.165) is 25.1 Å². The number of rotatable bonds is 6. The summed E-state index contributed by atoms with van der Waals surface area (Å²) in [4.78, 5) is 0.133. The lowest BCUT2D eigenvalue weighted by atomic mass is 10.1. The van der Waals surface area contributed by atoms with Crippen molar-refractivity contribution in [1.29, 1.82) is 0 Å². The minimum absolute atomic E-state index is 0. The number of benzene rings is 1. The van der Waals surface area contributed by atoms with Crippen LogP contribution in [0.3, 0.4) is 0 Å². The second-order valence-corrected chi connectivity index (χ2v) is 6.46. The monoisotopic (exact) mass is 348 g/mol. The molecule has 0 saturated carbocycles. The zero-order valence-corrected chi connectivity index (χ0v) is 14.2. The Bertz CT molecular complexity index is 609. The largest absolute Gasteiger partial charge is 0.497 e. The molecular formula is C14H21ClN2O4S. The number of methoxy groups -OCH3 is 2. The van der Waals surface area contributed by atoms with Gasteiger partial charge in [-0.05, 0) is 13.0 Å². The topological polar surface area (TPSA) is 76.7 Å². The lowest BCUT2D eigenvalue weighted by Crippen LogP contribution is -2.29. The van der Waals surface area contributed by atoms with Crippen LogP contribution in [0.1, 0.15) is 6.42 Å². The highest BCUT2D eigenvalue weighted by molar-refractivity contribution is 7.89. The molecule has 0 unspecified atom stereocenters. The van der Waals surface area contributed by atoms with Crippen molar-refractivity contribution in [2.75, 3.05) is 33.9 Å². The van der Waals surface area contributed by atoms with Gasteiger partial charge in [0.1, 0.15) is 11.5 Å². The average Bonchev–Trinajstić information content (AvgIpc) is 2.53. The summed E-state index contributed by atoms with van der Waals surface area (Å²) in [6.07, 6.45) is 2.86. The fraction of sp³-hybridized carbons (Fsp3) is 0.429. The zero-order chi connectivity index (χ0) is 15.3. The van der Waals surface area contributed by atoms with Gasteiger partial charge in [0.25, 0.3) is 0 Å². The molecule has 0 aromatic heterocycles. The second kappa shape index (κ2) is 8.38. The number of nitrogens with one attached hydrogen (secondary N) is 2. The Morgan fingerprint density at radius 3 is 2.32 bits per heavy atom. The first-order valence-electron chi connectivity index (χ1n) is 6.66. The second-order valence-electron chi connectivity index (χ2n) is 4.69. The van der Waals surface area contributed by atoms with E-state index in [2.05, 4.69) is 10.0 Å². The summed E-state index contributed by atoms with van der Waals surface area (Å²) in [6, 6.07) is 4.58. The minimum Gasteiger partial charge on any atom is -0.497 e. The lowest BCUT2D eigenvalue weighted by Gasteiger charge is -2.15. The van der Waals surface area contributed by atoms with Crippen molar-refractivity contribution in [2.45, 2.75) is 11.3 Å². The molecule has 0 radical (unpaired) electrons. The Labute approximate surface area is 137 Å². The molecule has 0 amide bonds. The maximum Gasteiger partial charge on any atom is 0.241 e. The zero-order valence-electron chi connectivity index (χ0n) is 12.6. The molecule has 0 saturated heterocycles. The summed E-state index contributed by atoms with van der Waals surface area (Å²) in [6.45, 7) is 1.98. The van der Waals surface area contributed by atoms with Crippen LogP contribution in [0.15, 0.2) is 34.7 Å². The van der Waals surface area contributed by atoms with Crippen molar-refractivity contribution in [3.8, 4) is 11.5 Å². The third-order valence-electron chi connectivity index (χ3n) is 3.28. The van der Waals surface area contributed by atoms with Crippen molar-refractivity contribution >= 4 is 22.4 Å². The van der Waals surface area contributed by atoms with Gasteiger partial charge in [-0.15, -0.1) is 12.4 Å². The van der Waals surface area contributed by atoms with Gasteiger partial charge in [-0.25, -0.2) is 13.1 Å². The number of halogens is 1. The van der Waals surface area contributed by atoms with Crippen LogP contribution in [0.2, 0.25) is 0 Å². The summed E-state index contributed by atoms with van der Waals surface area (Å²) in [5.74, 6) is 0.881. The van der Waals surface area contributed by atoms with Crippen LogP contribution in [0.4, 0.5) is 0 Å². The third kappa shape index (κ3) is 4.88. The van der Waals surface area contributed by atoms with Crippen LogP contribution < -0.4 is 19.5 Å². The molecule has 1 aromatic rings. The van der Waals surface area contributed by atoms with Gasteiger partial charge in [0.05, 0.1) is 19.1 Å². The Morgan fingerprint density at radius 2 is 1.82 bits per heavy atom. The molecule has 22 heavy (non-hydrogen) atoms. The molecule has 124 valence electrons. The highest BCUT2D eigenvalue weighted by atomic mass is 35.5. The molecule has 1 heterocycles. The standard InChI is InChI=1S/C14H20N2O4S.ClH/c1-19-12-7-13(20-2)9-14(8-12)21(17,18)16-10-11-3-5-15-6-4-11;/h3,7-9,15-16H,4-6,10H2,1-2H3;1H. The van der Waals surface area contributed by atoms with Crippen LogP contribution in [0, 0.1) is 0 Å². The Balaban J connectivity index is 0.00000242. The van der Waals surface area contributed by atoms with Crippen molar-refractivity contribution in [3.05, 3.63) is 29.8 Å². The summed E-state index contributed by atoms with van der Waals surface area (Å²) in [5, 5.41) is 3.19. The van der Waals surface area contributed by atoms with Crippen LogP contribution in [-0.2, 0) is 10.0 Å². The van der Waals surface area contributed by atoms with Crippen LogP contribution >= 0.6 is 12.4 Å². The normalized spacial score (nSPS) is 14.7. The quantitative estimate of drug-likeness (QED) is 0.758. The van der Waals surface area contributed by atoms with E-state index in [4.69, 9.17) is 9.47 Å². The molecule has 0 atom stereocenters. The van der Waals surface area contributed by atoms with E-state index in [1.165, 1.54) is 26.4 Å². The fourth-order valence-electron chi connectivity index (χ4n) is 2.04. The molecule has 2 N–H and O–H groups in total. The van der Waals surface area contributed by atoms with E-state index in [1.54, 1.807) is 6.07 Å². The van der Waals surface area contributed by atoms with Gasteiger partial charge in [-0.1, -0.05) is 11.6 Å². The van der Waals surface area contributed by atoms with Crippen LogP contribution in [0.25, 0.3) is 0 Å². The summed E-state index contributed by atoms with van der Waals surface area (Å²) >= 11 is 0. The summed E-state index contributed by atoms with van der Waals surface area (Å²) in [7, 11) is -0.627. The number of hydrogen-bond acceptors (Lipinski definition) is 5. The molecule has 8 heteroatoms. The highest BCUT2D eigenvalue weighted by Crippen LogP contribution is 2.25. The first-order valence-corrected chi connectivity index (χ1v) is 8.15. The number of ether oxygens (including phenoxy) is 2. The van der Waals surface area contributed by atoms with Crippen molar-refractivity contribution in [2.24, 2.45) is 0 Å². The van der Waals surface area contributed by atoms with E-state index in [9.17, 15) is 8.42 Å². The van der Waals surface area contributed by atoms with Gasteiger partial charge in [-0.2, -0.15) is 0 Å². The fourth-order valence-corrected chi connectivity index (χ4v) is 3.12. The van der Waals surface area contributed by atoms with Gasteiger partial charge in [0.2, 0.25) is 10.0 Å². The van der Waals surface area contributed by atoms with Gasteiger partial charge in [0.15, 0.2) is 0 Å². The van der Waals surface area contributed by atoms with Crippen molar-refractivity contribution in [3.63, 3.8) is 0 Å². The predicted octanol–water partition coefficient (Wildman–Crippen LogP) is 1.32. The van der Waals surface area contributed by atoms with Crippen molar-refractivity contribution < 1.29 is 17.9 Å². The van der Waals surface area contributed by atoms with E-state index in [1.807, 2.05) is 6.08 Å². The van der Waals surface area contributed by atoms with E-state index >= 15 is 0 Å². The summed E-state index contributed by atoms with van der Waals surface area (Å²) in [5.41, 5.74) is 1.09. The third-order valence-corrected chi connectivity index (χ3v) is 4.66. The Hall–Kier alpha value is -1.28. The van der Waals surface area contributed by atoms with E-state index in [0.29, 0.717) is 18.0 Å². The molecule has 0 bridgehead atoms. The van der Waals surface area contributed by atoms with Gasteiger partial charge < -0.3 is 14.8 Å². The van der Waals surface area contributed by atoms with Gasteiger partial charge in [0, 0.05) is 31.3 Å². The molecular weight excluding hydrogens is 328 g/mol. The van der Waals surface area contributed by atoms with Crippen LogP contribution in [-0.4, -0.2) is 42.3 Å². The highest BCUT2D eigenvalue weighted by Gasteiger charge is 2.17. The minimum atomic E-state index is -3.60. The Morgan fingerprint density at radius 1 is 1.18 bits per heavy atom. The molecule has 1 aliphatic rings. The molecule has 0 aliphatic carbocycles. The molecule has 6 nitrogen and oxygen atoms in total. The van der Waals surface area contributed by atoms with Crippen LogP contribution in [0.5, 0.6) is 11.5 Å². The maximum atomic E-state index is 12.3. The maximum absolute atomic E-state index is 12.3. The van der Waals surface area contributed by atoms with E-state index < -0.39 is 10.0 Å². The molecule has 1 aromatic carbocycles. The molecule has 2 rings (SSSR count). The predicted molar refractivity (Wildman–Crippen MR) is 87.6 cm³/mol. The molecule has 0 spiro atoms. The first-order chi connectivity index (χ1) is 10.0. The lowest BCUT2D eigenvalue weighted by molar-refractivity contribution is 0.392. The van der Waals surface area contributed by atoms with Gasteiger partial charge in [-0.3, -0.25) is 0 Å². The SMILES string of the molecule is COc1cc(OC)cc(S(=O)(=O)NCC2=CCNCC2)c1.Cl. The van der Waals surface area contributed by atoms with Crippen molar-refractivity contribution in [1.82, 2.24) is 10.0 Å². The smallest absolute Gasteiger partial charge is 0.241 e. The molecule has 0 fully saturated rings. The van der Waals surface area contributed by atoms with E-state index in [-0.39, 0.29) is 17.3 Å². The molecule has 1 aliphatic heterocycles.